The molecule has 0 spiro atoms. The second-order valence-corrected chi connectivity index (χ2v) is 8.60. The molecular formula is C23H27FN4O4. The third-order valence-corrected chi connectivity index (χ3v) is 6.23. The number of anilines is 1. The van der Waals surface area contributed by atoms with Gasteiger partial charge in [-0.1, -0.05) is 18.9 Å². The SMILES string of the molecule is CCOC(=O)c1cc2n(n1)CC(C)(C(=O)NC1CCCC1)N(c1ccc(C)c(F)c1)C2=O. The van der Waals surface area contributed by atoms with E-state index in [1.165, 1.54) is 21.7 Å². The summed E-state index contributed by atoms with van der Waals surface area (Å²) < 4.78 is 20.8. The minimum Gasteiger partial charge on any atom is -0.461 e. The molecule has 2 aliphatic rings. The Kier molecular flexibility index (Phi) is 5.75. The van der Waals surface area contributed by atoms with Crippen LogP contribution in [0.2, 0.25) is 0 Å². The van der Waals surface area contributed by atoms with Gasteiger partial charge in [-0.2, -0.15) is 5.10 Å². The van der Waals surface area contributed by atoms with E-state index < -0.39 is 23.2 Å². The number of nitrogens with zero attached hydrogens (tertiary/aromatic N) is 3. The summed E-state index contributed by atoms with van der Waals surface area (Å²) in [7, 11) is 0. The third kappa shape index (κ3) is 3.76. The largest absolute Gasteiger partial charge is 0.461 e. The van der Waals surface area contributed by atoms with Crippen LogP contribution in [0.3, 0.4) is 0 Å². The normalized spacial score (nSPS) is 20.9. The molecule has 0 saturated heterocycles. The van der Waals surface area contributed by atoms with Crippen molar-refractivity contribution in [1.29, 1.82) is 0 Å². The van der Waals surface area contributed by atoms with Crippen molar-refractivity contribution >= 4 is 23.5 Å². The lowest BCUT2D eigenvalue weighted by atomic mass is 9.93. The predicted molar refractivity (Wildman–Crippen MR) is 115 cm³/mol. The second kappa shape index (κ2) is 8.37. The van der Waals surface area contributed by atoms with Gasteiger partial charge < -0.3 is 10.1 Å². The molecule has 1 aliphatic carbocycles. The maximum Gasteiger partial charge on any atom is 0.358 e. The first-order chi connectivity index (χ1) is 15.2. The number of benzene rings is 1. The molecule has 2 heterocycles. The summed E-state index contributed by atoms with van der Waals surface area (Å²) in [6, 6.07) is 5.85. The standard InChI is InChI=1S/C23H27FN4O4/c1-4-32-21(30)18-12-19-20(29)28(16-10-9-14(2)17(24)11-16)23(3,13-27(19)26-18)22(31)25-15-7-5-6-8-15/h9-12,15H,4-8,13H2,1-3H3,(H,25,31). The maximum absolute atomic E-state index is 14.4. The molecule has 1 fully saturated rings. The number of halogens is 1. The molecule has 1 N–H and O–H groups in total. The number of carbonyl (C=O) groups is 3. The molecule has 9 heteroatoms. The minimum absolute atomic E-state index is 0.00862. The van der Waals surface area contributed by atoms with Gasteiger partial charge in [-0.15, -0.1) is 0 Å². The van der Waals surface area contributed by atoms with Crippen LogP contribution < -0.4 is 10.2 Å². The molecule has 1 unspecified atom stereocenters. The molecule has 170 valence electrons. The Morgan fingerprint density at radius 2 is 2.00 bits per heavy atom. The van der Waals surface area contributed by atoms with Gasteiger partial charge in [0.25, 0.3) is 5.91 Å². The highest BCUT2D eigenvalue weighted by molar-refractivity contribution is 6.12. The van der Waals surface area contributed by atoms with Crippen LogP contribution in [0, 0.1) is 12.7 Å². The van der Waals surface area contributed by atoms with E-state index in [9.17, 15) is 18.8 Å². The van der Waals surface area contributed by atoms with Crippen LogP contribution in [0.25, 0.3) is 0 Å². The summed E-state index contributed by atoms with van der Waals surface area (Å²) in [5.41, 5.74) is -0.532. The Labute approximate surface area is 185 Å². The van der Waals surface area contributed by atoms with E-state index in [0.717, 1.165) is 25.7 Å². The molecule has 2 aromatic rings. The summed E-state index contributed by atoms with van der Waals surface area (Å²) in [5.74, 6) is -1.99. The monoisotopic (exact) mass is 442 g/mol. The van der Waals surface area contributed by atoms with Gasteiger partial charge in [0.05, 0.1) is 13.2 Å². The number of amides is 2. The van der Waals surface area contributed by atoms with Crippen molar-refractivity contribution in [2.24, 2.45) is 0 Å². The molecule has 1 aromatic heterocycles. The number of carbonyl (C=O) groups excluding carboxylic acids is 3. The van der Waals surface area contributed by atoms with Gasteiger partial charge in [-0.05, 0) is 51.3 Å². The van der Waals surface area contributed by atoms with E-state index in [1.54, 1.807) is 32.9 Å². The van der Waals surface area contributed by atoms with Crippen molar-refractivity contribution in [3.8, 4) is 0 Å². The Morgan fingerprint density at radius 3 is 2.66 bits per heavy atom. The summed E-state index contributed by atoms with van der Waals surface area (Å²) >= 11 is 0. The minimum atomic E-state index is -1.37. The van der Waals surface area contributed by atoms with E-state index in [4.69, 9.17) is 4.74 Å². The average Bonchev–Trinajstić information content (AvgIpc) is 3.40. The number of nitrogens with one attached hydrogen (secondary N) is 1. The lowest BCUT2D eigenvalue weighted by Gasteiger charge is -2.43. The van der Waals surface area contributed by atoms with Crippen LogP contribution in [0.4, 0.5) is 10.1 Å². The highest BCUT2D eigenvalue weighted by Crippen LogP contribution is 2.34. The second-order valence-electron chi connectivity index (χ2n) is 8.60. The van der Waals surface area contributed by atoms with Gasteiger partial charge in [0.15, 0.2) is 5.69 Å². The van der Waals surface area contributed by atoms with Crippen molar-refractivity contribution in [3.63, 3.8) is 0 Å². The van der Waals surface area contributed by atoms with E-state index in [1.807, 2.05) is 0 Å². The zero-order valence-corrected chi connectivity index (χ0v) is 18.5. The molecule has 1 saturated carbocycles. The molecule has 0 radical (unpaired) electrons. The third-order valence-electron chi connectivity index (χ3n) is 6.23. The zero-order chi connectivity index (χ0) is 23.0. The Morgan fingerprint density at radius 1 is 1.28 bits per heavy atom. The molecule has 8 nitrogen and oxygen atoms in total. The lowest BCUT2D eigenvalue weighted by molar-refractivity contribution is -0.127. The van der Waals surface area contributed by atoms with Crippen LogP contribution in [-0.2, 0) is 16.1 Å². The topological polar surface area (TPSA) is 93.5 Å². The maximum atomic E-state index is 14.4. The van der Waals surface area contributed by atoms with Gasteiger partial charge in [-0.25, -0.2) is 9.18 Å². The molecule has 2 amide bonds. The summed E-state index contributed by atoms with van der Waals surface area (Å²) in [4.78, 5) is 40.5. The number of aromatic nitrogens is 2. The number of aryl methyl sites for hydroxylation is 1. The first-order valence-electron chi connectivity index (χ1n) is 10.9. The van der Waals surface area contributed by atoms with Crippen molar-refractivity contribution in [3.05, 3.63) is 47.0 Å². The highest BCUT2D eigenvalue weighted by atomic mass is 19.1. The fraction of sp³-hybridized carbons (Fsp3) is 0.478. The van der Waals surface area contributed by atoms with Crippen LogP contribution in [0.15, 0.2) is 24.3 Å². The lowest BCUT2D eigenvalue weighted by Crippen LogP contribution is -2.65. The summed E-state index contributed by atoms with van der Waals surface area (Å²) in [6.45, 7) is 5.13. The predicted octanol–water partition coefficient (Wildman–Crippen LogP) is 2.99. The van der Waals surface area contributed by atoms with E-state index in [0.29, 0.717) is 5.56 Å². The van der Waals surface area contributed by atoms with Crippen molar-refractivity contribution in [2.75, 3.05) is 11.5 Å². The molecule has 1 aromatic carbocycles. The van der Waals surface area contributed by atoms with Crippen LogP contribution in [0.5, 0.6) is 0 Å². The van der Waals surface area contributed by atoms with Gasteiger partial charge in [0.2, 0.25) is 5.91 Å². The van der Waals surface area contributed by atoms with E-state index in [-0.39, 0.29) is 42.2 Å². The fourth-order valence-electron chi connectivity index (χ4n) is 4.42. The number of fused-ring (bicyclic) bond motifs is 1. The van der Waals surface area contributed by atoms with E-state index >= 15 is 0 Å². The Balaban J connectivity index is 1.78. The Bertz CT molecular complexity index is 1080. The van der Waals surface area contributed by atoms with Crippen molar-refractivity contribution in [1.82, 2.24) is 15.1 Å². The summed E-state index contributed by atoms with van der Waals surface area (Å²) in [5, 5.41) is 7.29. The van der Waals surface area contributed by atoms with Gasteiger partial charge >= 0.3 is 5.97 Å². The van der Waals surface area contributed by atoms with E-state index in [2.05, 4.69) is 10.4 Å². The van der Waals surface area contributed by atoms with Crippen molar-refractivity contribution in [2.45, 2.75) is 64.6 Å². The summed E-state index contributed by atoms with van der Waals surface area (Å²) in [6.07, 6.45) is 3.85. The smallest absolute Gasteiger partial charge is 0.358 e. The zero-order valence-electron chi connectivity index (χ0n) is 18.5. The molecule has 1 aliphatic heterocycles. The number of rotatable bonds is 5. The van der Waals surface area contributed by atoms with Crippen molar-refractivity contribution < 1.29 is 23.5 Å². The van der Waals surface area contributed by atoms with Crippen LogP contribution in [0.1, 0.15) is 66.1 Å². The highest BCUT2D eigenvalue weighted by Gasteiger charge is 2.49. The molecule has 4 rings (SSSR count). The molecule has 1 atom stereocenters. The van der Waals surface area contributed by atoms with Crippen LogP contribution >= 0.6 is 0 Å². The fourth-order valence-corrected chi connectivity index (χ4v) is 4.42. The van der Waals surface area contributed by atoms with Gasteiger partial charge in [0.1, 0.15) is 17.1 Å². The van der Waals surface area contributed by atoms with Crippen LogP contribution in [-0.4, -0.2) is 45.8 Å². The number of esters is 1. The average molecular weight is 442 g/mol. The Hall–Kier alpha value is -3.23. The molecule has 32 heavy (non-hydrogen) atoms. The molecule has 0 bridgehead atoms. The number of hydrogen-bond donors (Lipinski definition) is 1. The van der Waals surface area contributed by atoms with Gasteiger partial charge in [0, 0.05) is 17.8 Å². The number of ether oxygens (including phenoxy) is 1. The first-order valence-corrected chi connectivity index (χ1v) is 10.9. The quantitative estimate of drug-likeness (QED) is 0.719. The molecular weight excluding hydrogens is 415 g/mol. The number of hydrogen-bond acceptors (Lipinski definition) is 5. The van der Waals surface area contributed by atoms with Gasteiger partial charge in [-0.3, -0.25) is 19.2 Å². The first kappa shape index (κ1) is 22.0.